The van der Waals surface area contributed by atoms with Crippen molar-refractivity contribution in [2.24, 2.45) is 0 Å². The SMILES string of the molecule is COc1ccc(NC(=O)C(CS)NC(C)=O)cc1Cl. The Morgan fingerprint density at radius 1 is 1.47 bits per heavy atom. The largest absolute Gasteiger partial charge is 0.495 e. The molecule has 0 bridgehead atoms. The number of methoxy groups -OCH3 is 1. The van der Waals surface area contributed by atoms with Crippen molar-refractivity contribution in [1.82, 2.24) is 5.32 Å². The lowest BCUT2D eigenvalue weighted by Crippen LogP contribution is -2.44. The number of thiol groups is 1. The number of carbonyl (C=O) groups excluding carboxylic acids is 2. The van der Waals surface area contributed by atoms with Gasteiger partial charge in [-0.1, -0.05) is 11.6 Å². The van der Waals surface area contributed by atoms with Gasteiger partial charge in [0.2, 0.25) is 11.8 Å². The lowest BCUT2D eigenvalue weighted by Gasteiger charge is -2.15. The third-order valence-corrected chi connectivity index (χ3v) is 2.96. The summed E-state index contributed by atoms with van der Waals surface area (Å²) < 4.78 is 5.01. The molecule has 1 atom stereocenters. The van der Waals surface area contributed by atoms with Crippen LogP contribution in [0.5, 0.6) is 5.75 Å². The lowest BCUT2D eigenvalue weighted by atomic mass is 10.2. The Balaban J connectivity index is 2.75. The van der Waals surface area contributed by atoms with Gasteiger partial charge in [0.15, 0.2) is 0 Å². The van der Waals surface area contributed by atoms with Gasteiger partial charge >= 0.3 is 0 Å². The van der Waals surface area contributed by atoms with Crippen molar-refractivity contribution < 1.29 is 14.3 Å². The molecule has 5 nitrogen and oxygen atoms in total. The standard InChI is InChI=1S/C12H15ClN2O3S/c1-7(16)14-10(6-19)12(17)15-8-3-4-11(18-2)9(13)5-8/h3-5,10,19H,6H2,1-2H3,(H,14,16)(H,15,17). The topological polar surface area (TPSA) is 67.4 Å². The van der Waals surface area contributed by atoms with Gasteiger partial charge in [-0.15, -0.1) is 0 Å². The van der Waals surface area contributed by atoms with Gasteiger partial charge in [-0.25, -0.2) is 0 Å². The molecule has 2 amide bonds. The highest BCUT2D eigenvalue weighted by Crippen LogP contribution is 2.27. The smallest absolute Gasteiger partial charge is 0.247 e. The number of halogens is 1. The molecule has 2 N–H and O–H groups in total. The summed E-state index contributed by atoms with van der Waals surface area (Å²) in [6.45, 7) is 1.34. The highest BCUT2D eigenvalue weighted by atomic mass is 35.5. The molecule has 1 unspecified atom stereocenters. The Morgan fingerprint density at radius 2 is 2.16 bits per heavy atom. The average Bonchev–Trinajstić information content (AvgIpc) is 2.35. The molecule has 0 spiro atoms. The van der Waals surface area contributed by atoms with E-state index in [1.807, 2.05) is 0 Å². The van der Waals surface area contributed by atoms with E-state index in [0.29, 0.717) is 16.5 Å². The highest BCUT2D eigenvalue weighted by molar-refractivity contribution is 7.80. The molecule has 0 aliphatic rings. The average molecular weight is 303 g/mol. The first-order valence-electron chi connectivity index (χ1n) is 5.50. The minimum atomic E-state index is -0.693. The van der Waals surface area contributed by atoms with E-state index in [1.54, 1.807) is 18.2 Å². The van der Waals surface area contributed by atoms with Crippen LogP contribution in [0.4, 0.5) is 5.69 Å². The minimum Gasteiger partial charge on any atom is -0.495 e. The fourth-order valence-electron chi connectivity index (χ4n) is 1.41. The fourth-order valence-corrected chi connectivity index (χ4v) is 1.93. The summed E-state index contributed by atoms with van der Waals surface area (Å²) in [5.41, 5.74) is 0.521. The maximum absolute atomic E-state index is 11.9. The first-order chi connectivity index (χ1) is 8.97. The number of anilines is 1. The third kappa shape index (κ3) is 4.65. The summed E-state index contributed by atoms with van der Waals surface area (Å²) in [6, 6.07) is 4.18. The van der Waals surface area contributed by atoms with Gasteiger partial charge in [-0.2, -0.15) is 12.6 Å². The zero-order chi connectivity index (χ0) is 14.4. The van der Waals surface area contributed by atoms with Crippen molar-refractivity contribution in [3.63, 3.8) is 0 Å². The normalized spacial score (nSPS) is 11.6. The second-order valence-electron chi connectivity index (χ2n) is 3.77. The van der Waals surface area contributed by atoms with Crippen molar-refractivity contribution in [3.8, 4) is 5.75 Å². The molecular weight excluding hydrogens is 288 g/mol. The van der Waals surface area contributed by atoms with Gasteiger partial charge in [0.05, 0.1) is 12.1 Å². The summed E-state index contributed by atoms with van der Waals surface area (Å²) >= 11 is 9.98. The number of nitrogens with one attached hydrogen (secondary N) is 2. The Kier molecular flexibility index (Phi) is 5.98. The van der Waals surface area contributed by atoms with E-state index in [-0.39, 0.29) is 17.6 Å². The van der Waals surface area contributed by atoms with E-state index in [1.165, 1.54) is 14.0 Å². The molecule has 0 aromatic heterocycles. The third-order valence-electron chi connectivity index (χ3n) is 2.30. The first-order valence-corrected chi connectivity index (χ1v) is 6.51. The maximum atomic E-state index is 11.9. The van der Waals surface area contributed by atoms with E-state index in [2.05, 4.69) is 23.3 Å². The number of ether oxygens (including phenoxy) is 1. The molecule has 0 radical (unpaired) electrons. The van der Waals surface area contributed by atoms with Crippen LogP contribution >= 0.6 is 24.2 Å². The van der Waals surface area contributed by atoms with E-state index in [9.17, 15) is 9.59 Å². The molecule has 1 aromatic carbocycles. The summed E-state index contributed by atoms with van der Waals surface area (Å²) in [7, 11) is 1.51. The maximum Gasteiger partial charge on any atom is 0.247 e. The minimum absolute atomic E-state index is 0.204. The van der Waals surface area contributed by atoms with Crippen LogP contribution in [0.15, 0.2) is 18.2 Å². The lowest BCUT2D eigenvalue weighted by molar-refractivity contribution is -0.124. The predicted octanol–water partition coefficient (Wildman–Crippen LogP) is 1.72. The van der Waals surface area contributed by atoms with Gasteiger partial charge in [0.1, 0.15) is 11.8 Å². The molecule has 0 aliphatic carbocycles. The van der Waals surface area contributed by atoms with Crippen molar-refractivity contribution in [2.75, 3.05) is 18.2 Å². The number of carbonyl (C=O) groups is 2. The molecule has 0 saturated heterocycles. The van der Waals surface area contributed by atoms with Crippen molar-refractivity contribution in [2.45, 2.75) is 13.0 Å². The predicted molar refractivity (Wildman–Crippen MR) is 78.1 cm³/mol. The summed E-state index contributed by atoms with van der Waals surface area (Å²) in [4.78, 5) is 22.8. The van der Waals surface area contributed by atoms with E-state index < -0.39 is 6.04 Å². The monoisotopic (exact) mass is 302 g/mol. The molecule has 0 aliphatic heterocycles. The molecule has 0 heterocycles. The molecule has 19 heavy (non-hydrogen) atoms. The van der Waals surface area contributed by atoms with Crippen LogP contribution in [0, 0.1) is 0 Å². The summed E-state index contributed by atoms with van der Waals surface area (Å²) in [6.07, 6.45) is 0. The second kappa shape index (κ2) is 7.25. The van der Waals surface area contributed by atoms with Gasteiger partial charge in [0, 0.05) is 18.4 Å². The van der Waals surface area contributed by atoms with E-state index >= 15 is 0 Å². The Labute approximate surface area is 122 Å². The molecule has 1 aromatic rings. The molecule has 104 valence electrons. The van der Waals surface area contributed by atoms with Gasteiger partial charge in [-0.05, 0) is 18.2 Å². The van der Waals surface area contributed by atoms with Gasteiger partial charge in [0.25, 0.3) is 0 Å². The van der Waals surface area contributed by atoms with Crippen molar-refractivity contribution >= 4 is 41.7 Å². The molecule has 0 fully saturated rings. The Hall–Kier alpha value is -1.40. The number of hydrogen-bond donors (Lipinski definition) is 3. The molecular formula is C12H15ClN2O3S. The molecule has 1 rings (SSSR count). The summed E-state index contributed by atoms with van der Waals surface area (Å²) in [5, 5.41) is 5.54. The summed E-state index contributed by atoms with van der Waals surface area (Å²) in [5.74, 6) is 0.0793. The quantitative estimate of drug-likeness (QED) is 0.726. The molecule has 7 heteroatoms. The number of rotatable bonds is 5. The highest BCUT2D eigenvalue weighted by Gasteiger charge is 2.18. The Morgan fingerprint density at radius 3 is 2.63 bits per heavy atom. The number of benzene rings is 1. The first kappa shape index (κ1) is 15.7. The fraction of sp³-hybridized carbons (Fsp3) is 0.333. The Bertz CT molecular complexity index is 482. The van der Waals surface area contributed by atoms with Gasteiger partial charge in [-0.3, -0.25) is 9.59 Å². The van der Waals surface area contributed by atoms with Crippen molar-refractivity contribution in [3.05, 3.63) is 23.2 Å². The van der Waals surface area contributed by atoms with Crippen LogP contribution in [0.25, 0.3) is 0 Å². The van der Waals surface area contributed by atoms with Crippen LogP contribution < -0.4 is 15.4 Å². The van der Waals surface area contributed by atoms with Crippen LogP contribution in [0.2, 0.25) is 5.02 Å². The van der Waals surface area contributed by atoms with Gasteiger partial charge < -0.3 is 15.4 Å². The molecule has 0 saturated carbocycles. The van der Waals surface area contributed by atoms with E-state index in [0.717, 1.165) is 0 Å². The number of hydrogen-bond acceptors (Lipinski definition) is 4. The number of amides is 2. The zero-order valence-corrected chi connectivity index (χ0v) is 12.2. The van der Waals surface area contributed by atoms with Crippen LogP contribution in [-0.2, 0) is 9.59 Å². The van der Waals surface area contributed by atoms with Crippen LogP contribution in [0.1, 0.15) is 6.92 Å². The van der Waals surface area contributed by atoms with Crippen LogP contribution in [-0.4, -0.2) is 30.7 Å². The van der Waals surface area contributed by atoms with Crippen LogP contribution in [0.3, 0.4) is 0 Å². The zero-order valence-electron chi connectivity index (χ0n) is 10.6. The van der Waals surface area contributed by atoms with Crippen molar-refractivity contribution in [1.29, 1.82) is 0 Å². The second-order valence-corrected chi connectivity index (χ2v) is 4.55. The van der Waals surface area contributed by atoms with E-state index in [4.69, 9.17) is 16.3 Å².